The van der Waals surface area contributed by atoms with Crippen LogP contribution in [-0.4, -0.2) is 33.7 Å². The number of ether oxygens (including phenoxy) is 2. The fourth-order valence-electron chi connectivity index (χ4n) is 3.97. The smallest absolute Gasteiger partial charge is 0.416 e. The Kier molecular flexibility index (Phi) is 8.63. The number of halogens is 3. The lowest BCUT2D eigenvalue weighted by Crippen LogP contribution is -2.40. The third-order valence-corrected chi connectivity index (χ3v) is 5.77. The van der Waals surface area contributed by atoms with Crippen LogP contribution >= 0.6 is 0 Å². The molecule has 0 radical (unpaired) electrons. The number of likely N-dealkylation sites (N-methyl/N-ethyl adjacent to an activating group) is 1. The van der Waals surface area contributed by atoms with Gasteiger partial charge in [0.2, 0.25) is 5.91 Å². The molecule has 0 aliphatic carbocycles. The van der Waals surface area contributed by atoms with Crippen molar-refractivity contribution in [3.63, 3.8) is 0 Å². The molecule has 35 heavy (non-hydrogen) atoms. The van der Waals surface area contributed by atoms with E-state index in [-0.39, 0.29) is 5.91 Å². The van der Waals surface area contributed by atoms with E-state index in [1.54, 1.807) is 27.3 Å². The molecular weight excluding hydrogens is 457 g/mol. The average Bonchev–Trinajstić information content (AvgIpc) is 2.87. The number of rotatable bonds is 10. The number of amides is 1. The number of hydrogen-bond acceptors (Lipinski definition) is 4. The highest BCUT2D eigenvalue weighted by Crippen LogP contribution is 2.35. The maximum atomic E-state index is 13.1. The van der Waals surface area contributed by atoms with Crippen molar-refractivity contribution in [2.75, 3.05) is 32.7 Å². The molecule has 0 spiro atoms. The fourth-order valence-corrected chi connectivity index (χ4v) is 3.97. The quantitative estimate of drug-likeness (QED) is 0.403. The Hall–Kier alpha value is -3.68. The molecule has 5 nitrogen and oxygen atoms in total. The van der Waals surface area contributed by atoms with Crippen molar-refractivity contribution in [2.24, 2.45) is 0 Å². The number of carbonyl (C=O) groups is 1. The Labute approximate surface area is 203 Å². The standard InChI is InChI=1S/C27H29F3N2O3/c1-31-26(33)25(20-9-5-4-6-10-20)32(22-15-16-23(34-2)24(18-22)35-3)17-7-8-19-11-13-21(14-12-19)27(28,29)30/h4-6,9-16,18,25H,7-8,17H2,1-3H3,(H,31,33)/t25-/m0/s1. The van der Waals surface area contributed by atoms with Gasteiger partial charge < -0.3 is 19.7 Å². The first-order valence-corrected chi connectivity index (χ1v) is 11.2. The Morgan fingerprint density at radius 1 is 0.943 bits per heavy atom. The van der Waals surface area contributed by atoms with Crippen LogP contribution in [0, 0.1) is 0 Å². The van der Waals surface area contributed by atoms with Gasteiger partial charge >= 0.3 is 6.18 Å². The van der Waals surface area contributed by atoms with Gasteiger partial charge in [0.25, 0.3) is 0 Å². The van der Waals surface area contributed by atoms with Gasteiger partial charge in [0.15, 0.2) is 11.5 Å². The molecule has 0 aromatic heterocycles. The summed E-state index contributed by atoms with van der Waals surface area (Å²) < 4.78 is 49.5. The van der Waals surface area contributed by atoms with Crippen LogP contribution in [0.3, 0.4) is 0 Å². The summed E-state index contributed by atoms with van der Waals surface area (Å²) in [6.45, 7) is 0.476. The van der Waals surface area contributed by atoms with Gasteiger partial charge in [-0.2, -0.15) is 13.2 Å². The molecule has 0 aliphatic heterocycles. The molecule has 0 bridgehead atoms. The van der Waals surface area contributed by atoms with Crippen LogP contribution in [0.25, 0.3) is 0 Å². The van der Waals surface area contributed by atoms with Gasteiger partial charge in [-0.1, -0.05) is 42.5 Å². The molecule has 186 valence electrons. The Morgan fingerprint density at radius 3 is 2.17 bits per heavy atom. The molecule has 1 atom stereocenters. The zero-order chi connectivity index (χ0) is 25.4. The normalized spacial score (nSPS) is 12.1. The number of benzene rings is 3. The zero-order valence-corrected chi connectivity index (χ0v) is 19.9. The highest BCUT2D eigenvalue weighted by molar-refractivity contribution is 5.86. The van der Waals surface area contributed by atoms with Crippen LogP contribution in [0.4, 0.5) is 18.9 Å². The lowest BCUT2D eigenvalue weighted by Gasteiger charge is -2.33. The van der Waals surface area contributed by atoms with E-state index in [0.717, 1.165) is 28.9 Å². The van der Waals surface area contributed by atoms with Gasteiger partial charge in [0, 0.05) is 25.3 Å². The van der Waals surface area contributed by atoms with Gasteiger partial charge in [-0.05, 0) is 48.2 Å². The van der Waals surface area contributed by atoms with Crippen LogP contribution < -0.4 is 19.7 Å². The second-order valence-electron chi connectivity index (χ2n) is 7.96. The molecule has 3 rings (SSSR count). The summed E-state index contributed by atoms with van der Waals surface area (Å²) in [7, 11) is 4.69. The molecular formula is C27H29F3N2O3. The molecule has 0 saturated carbocycles. The number of methoxy groups -OCH3 is 2. The Balaban J connectivity index is 1.91. The highest BCUT2D eigenvalue weighted by Gasteiger charge is 2.30. The molecule has 0 heterocycles. The first-order chi connectivity index (χ1) is 16.8. The average molecular weight is 487 g/mol. The van der Waals surface area contributed by atoms with Crippen LogP contribution in [0.5, 0.6) is 11.5 Å². The summed E-state index contributed by atoms with van der Waals surface area (Å²) >= 11 is 0. The van der Waals surface area contributed by atoms with E-state index in [4.69, 9.17) is 9.47 Å². The zero-order valence-electron chi connectivity index (χ0n) is 19.9. The van der Waals surface area contributed by atoms with E-state index in [2.05, 4.69) is 5.32 Å². The van der Waals surface area contributed by atoms with E-state index >= 15 is 0 Å². The minimum absolute atomic E-state index is 0.180. The van der Waals surface area contributed by atoms with E-state index in [0.29, 0.717) is 30.9 Å². The van der Waals surface area contributed by atoms with E-state index in [1.807, 2.05) is 47.4 Å². The topological polar surface area (TPSA) is 50.8 Å². The summed E-state index contributed by atoms with van der Waals surface area (Å²) in [5.74, 6) is 0.916. The number of nitrogens with one attached hydrogen (secondary N) is 1. The minimum atomic E-state index is -4.36. The number of hydrogen-bond donors (Lipinski definition) is 1. The second-order valence-corrected chi connectivity index (χ2v) is 7.96. The van der Waals surface area contributed by atoms with Crippen molar-refractivity contribution in [1.29, 1.82) is 0 Å². The molecule has 0 fully saturated rings. The summed E-state index contributed by atoms with van der Waals surface area (Å²) in [6.07, 6.45) is -3.20. The number of aryl methyl sites for hydroxylation is 1. The fraction of sp³-hybridized carbons (Fsp3) is 0.296. The number of anilines is 1. The summed E-state index contributed by atoms with van der Waals surface area (Å²) in [4.78, 5) is 15.0. The van der Waals surface area contributed by atoms with Gasteiger partial charge in [0.05, 0.1) is 19.8 Å². The maximum Gasteiger partial charge on any atom is 0.416 e. The summed E-state index contributed by atoms with van der Waals surface area (Å²) in [6, 6.07) is 19.4. The van der Waals surface area contributed by atoms with Gasteiger partial charge in [-0.15, -0.1) is 0 Å². The van der Waals surface area contributed by atoms with Crippen LogP contribution in [0.1, 0.15) is 29.2 Å². The molecule has 1 N–H and O–H groups in total. The predicted octanol–water partition coefficient (Wildman–Crippen LogP) is 5.65. The lowest BCUT2D eigenvalue weighted by atomic mass is 10.0. The van der Waals surface area contributed by atoms with Crippen molar-refractivity contribution < 1.29 is 27.4 Å². The molecule has 3 aromatic carbocycles. The lowest BCUT2D eigenvalue weighted by molar-refractivity contribution is -0.137. The minimum Gasteiger partial charge on any atom is -0.493 e. The maximum absolute atomic E-state index is 13.1. The third kappa shape index (κ3) is 6.47. The number of nitrogens with zero attached hydrogens (tertiary/aromatic N) is 1. The monoisotopic (exact) mass is 486 g/mol. The number of alkyl halides is 3. The highest BCUT2D eigenvalue weighted by atomic mass is 19.4. The number of carbonyl (C=O) groups excluding carboxylic acids is 1. The van der Waals surface area contributed by atoms with E-state index in [1.165, 1.54) is 12.1 Å². The van der Waals surface area contributed by atoms with Gasteiger partial charge in [-0.3, -0.25) is 4.79 Å². The third-order valence-electron chi connectivity index (χ3n) is 5.77. The predicted molar refractivity (Wildman–Crippen MR) is 130 cm³/mol. The second kappa shape index (κ2) is 11.6. The summed E-state index contributed by atoms with van der Waals surface area (Å²) in [5, 5.41) is 2.75. The Bertz CT molecular complexity index is 1100. The molecule has 0 saturated heterocycles. The van der Waals surface area contributed by atoms with Gasteiger partial charge in [-0.25, -0.2) is 0 Å². The van der Waals surface area contributed by atoms with Crippen molar-refractivity contribution in [3.05, 3.63) is 89.5 Å². The van der Waals surface area contributed by atoms with Crippen LogP contribution in [0.2, 0.25) is 0 Å². The van der Waals surface area contributed by atoms with Crippen molar-refractivity contribution in [3.8, 4) is 11.5 Å². The summed E-state index contributed by atoms with van der Waals surface area (Å²) in [5.41, 5.74) is 1.70. The van der Waals surface area contributed by atoms with Crippen LogP contribution in [0.15, 0.2) is 72.8 Å². The van der Waals surface area contributed by atoms with Gasteiger partial charge in [0.1, 0.15) is 6.04 Å². The molecule has 3 aromatic rings. The van der Waals surface area contributed by atoms with Crippen molar-refractivity contribution in [2.45, 2.75) is 25.1 Å². The molecule has 0 aliphatic rings. The largest absolute Gasteiger partial charge is 0.493 e. The molecule has 8 heteroatoms. The Morgan fingerprint density at radius 2 is 1.60 bits per heavy atom. The van der Waals surface area contributed by atoms with E-state index in [9.17, 15) is 18.0 Å². The molecule has 1 amide bonds. The van der Waals surface area contributed by atoms with E-state index < -0.39 is 17.8 Å². The molecule has 0 unspecified atom stereocenters. The SMILES string of the molecule is CNC(=O)[C@H](c1ccccc1)N(CCCc1ccc(C(F)(F)F)cc1)c1ccc(OC)c(OC)c1. The van der Waals surface area contributed by atoms with Crippen LogP contribution in [-0.2, 0) is 17.4 Å². The first-order valence-electron chi connectivity index (χ1n) is 11.2. The van der Waals surface area contributed by atoms with Crippen molar-refractivity contribution in [1.82, 2.24) is 5.32 Å². The van der Waals surface area contributed by atoms with Crippen molar-refractivity contribution >= 4 is 11.6 Å². The first kappa shape index (κ1) is 25.9.